The SMILES string of the molecule is COC(=O)CNc1ccccc1C(=O)C(CSC(C)=O)Cc1ccc(O)c(O)c1. The van der Waals surface area contributed by atoms with Crippen LogP contribution >= 0.6 is 11.8 Å². The van der Waals surface area contributed by atoms with Crippen molar-refractivity contribution in [1.82, 2.24) is 0 Å². The van der Waals surface area contributed by atoms with Crippen LogP contribution in [-0.4, -0.2) is 46.5 Å². The second-order valence-corrected chi connectivity index (χ2v) is 7.56. The third-order valence-corrected chi connectivity index (χ3v) is 5.20. The number of phenols is 2. The topological polar surface area (TPSA) is 113 Å². The van der Waals surface area contributed by atoms with Crippen molar-refractivity contribution in [3.8, 4) is 11.5 Å². The van der Waals surface area contributed by atoms with Crippen molar-refractivity contribution in [3.63, 3.8) is 0 Å². The molecule has 29 heavy (non-hydrogen) atoms. The molecule has 2 aromatic carbocycles. The molecule has 7 nitrogen and oxygen atoms in total. The second-order valence-electron chi connectivity index (χ2n) is 6.37. The van der Waals surface area contributed by atoms with Gasteiger partial charge in [0.2, 0.25) is 0 Å². The lowest BCUT2D eigenvalue weighted by Crippen LogP contribution is -2.23. The first-order valence-corrected chi connectivity index (χ1v) is 9.88. The number of esters is 1. The van der Waals surface area contributed by atoms with Crippen LogP contribution in [0.15, 0.2) is 42.5 Å². The van der Waals surface area contributed by atoms with E-state index in [1.165, 1.54) is 26.2 Å². The van der Waals surface area contributed by atoms with Crippen LogP contribution < -0.4 is 5.32 Å². The van der Waals surface area contributed by atoms with Crippen LogP contribution in [0.2, 0.25) is 0 Å². The molecule has 1 atom stereocenters. The van der Waals surface area contributed by atoms with E-state index in [-0.39, 0.29) is 41.1 Å². The molecule has 0 spiro atoms. The summed E-state index contributed by atoms with van der Waals surface area (Å²) in [4.78, 5) is 36.1. The lowest BCUT2D eigenvalue weighted by atomic mass is 9.91. The largest absolute Gasteiger partial charge is 0.504 e. The zero-order valence-corrected chi connectivity index (χ0v) is 17.0. The molecule has 0 aliphatic heterocycles. The predicted molar refractivity (Wildman–Crippen MR) is 111 cm³/mol. The summed E-state index contributed by atoms with van der Waals surface area (Å²) in [6, 6.07) is 11.2. The van der Waals surface area contributed by atoms with Gasteiger partial charge in [0.15, 0.2) is 22.4 Å². The standard InChI is InChI=1S/C21H23NO6S/c1-13(23)29-12-15(9-14-7-8-18(24)19(25)10-14)21(27)16-5-3-4-6-17(16)22-11-20(26)28-2/h3-8,10,15,22,24-25H,9,11-12H2,1-2H3. The average Bonchev–Trinajstić information content (AvgIpc) is 2.71. The summed E-state index contributed by atoms with van der Waals surface area (Å²) in [6.45, 7) is 1.35. The number of anilines is 1. The third-order valence-electron chi connectivity index (χ3n) is 4.22. The monoisotopic (exact) mass is 417 g/mol. The van der Waals surface area contributed by atoms with Gasteiger partial charge in [-0.3, -0.25) is 14.4 Å². The Morgan fingerprint density at radius 3 is 2.48 bits per heavy atom. The minimum Gasteiger partial charge on any atom is -0.504 e. The van der Waals surface area contributed by atoms with Crippen molar-refractivity contribution < 1.29 is 29.3 Å². The fraction of sp³-hybridized carbons (Fsp3) is 0.286. The summed E-state index contributed by atoms with van der Waals surface area (Å²) in [7, 11) is 1.28. The number of para-hydroxylation sites is 1. The molecule has 0 amide bonds. The number of aromatic hydroxyl groups is 2. The number of ketones is 1. The first-order chi connectivity index (χ1) is 13.8. The van der Waals surface area contributed by atoms with Gasteiger partial charge in [-0.05, 0) is 36.2 Å². The molecule has 8 heteroatoms. The zero-order chi connectivity index (χ0) is 21.4. The fourth-order valence-corrected chi connectivity index (χ4v) is 3.44. The van der Waals surface area contributed by atoms with Crippen LogP contribution in [0.3, 0.4) is 0 Å². The molecule has 0 heterocycles. The highest BCUT2D eigenvalue weighted by Gasteiger charge is 2.24. The molecular weight excluding hydrogens is 394 g/mol. The highest BCUT2D eigenvalue weighted by molar-refractivity contribution is 8.13. The number of carbonyl (C=O) groups is 3. The second kappa shape index (κ2) is 10.5. The van der Waals surface area contributed by atoms with Gasteiger partial charge in [0, 0.05) is 29.8 Å². The molecule has 0 saturated heterocycles. The normalized spacial score (nSPS) is 11.5. The molecule has 0 fully saturated rings. The van der Waals surface area contributed by atoms with Crippen molar-refractivity contribution in [3.05, 3.63) is 53.6 Å². The van der Waals surface area contributed by atoms with Crippen LogP contribution in [0.25, 0.3) is 0 Å². The van der Waals surface area contributed by atoms with Gasteiger partial charge in [0.1, 0.15) is 6.54 Å². The Labute approximate surface area is 173 Å². The van der Waals surface area contributed by atoms with Gasteiger partial charge in [0.05, 0.1) is 7.11 Å². The van der Waals surface area contributed by atoms with E-state index in [0.29, 0.717) is 16.8 Å². The Bertz CT molecular complexity index is 898. The first-order valence-electron chi connectivity index (χ1n) is 8.90. The van der Waals surface area contributed by atoms with Gasteiger partial charge in [-0.25, -0.2) is 0 Å². The zero-order valence-electron chi connectivity index (χ0n) is 16.2. The highest BCUT2D eigenvalue weighted by Crippen LogP contribution is 2.29. The number of hydrogen-bond acceptors (Lipinski definition) is 8. The van der Waals surface area contributed by atoms with Crippen molar-refractivity contribution >= 4 is 34.3 Å². The van der Waals surface area contributed by atoms with Crippen LogP contribution in [0.1, 0.15) is 22.8 Å². The highest BCUT2D eigenvalue weighted by atomic mass is 32.2. The fourth-order valence-electron chi connectivity index (χ4n) is 2.74. The number of thioether (sulfide) groups is 1. The molecule has 0 aliphatic rings. The number of phenolic OH excluding ortho intramolecular Hbond substituents is 2. The maximum Gasteiger partial charge on any atom is 0.325 e. The molecule has 2 rings (SSSR count). The number of benzene rings is 2. The Hall–Kier alpha value is -3.00. The molecule has 0 radical (unpaired) electrons. The maximum absolute atomic E-state index is 13.3. The van der Waals surface area contributed by atoms with Gasteiger partial charge < -0.3 is 20.3 Å². The molecule has 1 unspecified atom stereocenters. The Morgan fingerprint density at radius 1 is 1.10 bits per heavy atom. The summed E-state index contributed by atoms with van der Waals surface area (Å²) < 4.78 is 4.61. The summed E-state index contributed by atoms with van der Waals surface area (Å²) >= 11 is 1.05. The van der Waals surface area contributed by atoms with Gasteiger partial charge in [-0.15, -0.1) is 0 Å². The summed E-state index contributed by atoms with van der Waals surface area (Å²) in [5.74, 6) is -1.45. The summed E-state index contributed by atoms with van der Waals surface area (Å²) in [5, 5.41) is 22.0. The van der Waals surface area contributed by atoms with Crippen molar-refractivity contribution in [2.75, 3.05) is 24.7 Å². The van der Waals surface area contributed by atoms with E-state index in [1.54, 1.807) is 30.3 Å². The quantitative estimate of drug-likeness (QED) is 0.324. The number of carbonyl (C=O) groups excluding carboxylic acids is 3. The first kappa shape index (κ1) is 22.3. The molecule has 0 bridgehead atoms. The number of Topliss-reactive ketones (excluding diaryl/α,β-unsaturated/α-hetero) is 1. The molecule has 154 valence electrons. The molecule has 0 aliphatic carbocycles. The minimum atomic E-state index is -0.547. The molecule has 0 aromatic heterocycles. The van der Waals surface area contributed by atoms with Crippen molar-refractivity contribution in [2.24, 2.45) is 5.92 Å². The molecule has 2 aromatic rings. The Morgan fingerprint density at radius 2 is 1.83 bits per heavy atom. The van der Waals surface area contributed by atoms with Crippen molar-refractivity contribution in [1.29, 1.82) is 0 Å². The Balaban J connectivity index is 2.28. The van der Waals surface area contributed by atoms with E-state index in [0.717, 1.165) is 11.8 Å². The average molecular weight is 417 g/mol. The lowest BCUT2D eigenvalue weighted by molar-refractivity contribution is -0.138. The van der Waals surface area contributed by atoms with Crippen LogP contribution in [0.5, 0.6) is 11.5 Å². The van der Waals surface area contributed by atoms with Crippen molar-refractivity contribution in [2.45, 2.75) is 13.3 Å². The van der Waals surface area contributed by atoms with Gasteiger partial charge >= 0.3 is 5.97 Å². The summed E-state index contributed by atoms with van der Waals surface area (Å²) in [5.41, 5.74) is 1.55. The number of nitrogens with one attached hydrogen (secondary N) is 1. The molecule has 0 saturated carbocycles. The third kappa shape index (κ3) is 6.53. The minimum absolute atomic E-state index is 0.0838. The predicted octanol–water partition coefficient (Wildman–Crippen LogP) is 3.00. The number of hydrogen-bond donors (Lipinski definition) is 3. The summed E-state index contributed by atoms with van der Waals surface area (Å²) in [6.07, 6.45) is 0.276. The lowest BCUT2D eigenvalue weighted by Gasteiger charge is -2.18. The number of methoxy groups -OCH3 is 1. The van der Waals surface area contributed by atoms with Crippen LogP contribution in [0, 0.1) is 5.92 Å². The van der Waals surface area contributed by atoms with Gasteiger partial charge in [-0.1, -0.05) is 30.0 Å². The van der Waals surface area contributed by atoms with Crippen LogP contribution in [0.4, 0.5) is 5.69 Å². The molecule has 3 N–H and O–H groups in total. The van der Waals surface area contributed by atoms with E-state index in [9.17, 15) is 24.6 Å². The smallest absolute Gasteiger partial charge is 0.325 e. The number of rotatable bonds is 9. The Kier molecular flexibility index (Phi) is 8.09. The van der Waals surface area contributed by atoms with Crippen LogP contribution in [-0.2, 0) is 20.7 Å². The van der Waals surface area contributed by atoms with Gasteiger partial charge in [0.25, 0.3) is 0 Å². The van der Waals surface area contributed by atoms with Gasteiger partial charge in [-0.2, -0.15) is 0 Å². The maximum atomic E-state index is 13.3. The van der Waals surface area contributed by atoms with E-state index in [1.807, 2.05) is 0 Å². The van der Waals surface area contributed by atoms with E-state index in [4.69, 9.17) is 0 Å². The molecular formula is C21H23NO6S. The number of ether oxygens (including phenoxy) is 1. The van der Waals surface area contributed by atoms with E-state index < -0.39 is 11.9 Å². The van der Waals surface area contributed by atoms with E-state index >= 15 is 0 Å². The van der Waals surface area contributed by atoms with E-state index in [2.05, 4.69) is 10.1 Å².